The molecule has 0 fully saturated rings. The van der Waals surface area contributed by atoms with Crippen LogP contribution in [-0.4, -0.2) is 20.0 Å². The minimum atomic E-state index is -0.604. The molecule has 4 rings (SSSR count). The summed E-state index contributed by atoms with van der Waals surface area (Å²) in [7, 11) is 1.54. The largest absolute Gasteiger partial charge is 0.332 e. The van der Waals surface area contributed by atoms with E-state index in [0.717, 1.165) is 47.1 Å². The van der Waals surface area contributed by atoms with Crippen LogP contribution in [0.2, 0.25) is 0 Å². The number of carbonyl (C=O) groups excluding carboxylic acids is 1. The number of thiophene rings is 1. The van der Waals surface area contributed by atoms with Gasteiger partial charge in [-0.3, -0.25) is 18.7 Å². The number of hydrogen-bond donors (Lipinski definition) is 1. The van der Waals surface area contributed by atoms with Crippen LogP contribution in [0.4, 0.5) is 5.00 Å². The highest BCUT2D eigenvalue weighted by Gasteiger charge is 2.22. The minimum absolute atomic E-state index is 0.304. The smallest absolute Gasteiger partial charge is 0.315 e. The number of anilines is 1. The molecule has 31 heavy (non-hydrogen) atoms. The number of nitrogens with zero attached hydrogens (tertiary/aromatic N) is 4. The van der Waals surface area contributed by atoms with E-state index in [9.17, 15) is 19.6 Å². The summed E-state index contributed by atoms with van der Waals surface area (Å²) in [6, 6.07) is 4.00. The van der Waals surface area contributed by atoms with E-state index >= 15 is 0 Å². The molecular weight excluding hydrogens is 414 g/mol. The molecular formula is C22H23N5O3S. The average molecular weight is 438 g/mol. The van der Waals surface area contributed by atoms with Crippen molar-refractivity contribution in [2.45, 2.75) is 52.5 Å². The van der Waals surface area contributed by atoms with E-state index in [1.165, 1.54) is 23.0 Å². The molecule has 0 saturated heterocycles. The lowest BCUT2D eigenvalue weighted by Gasteiger charge is -2.12. The van der Waals surface area contributed by atoms with E-state index in [-0.39, 0.29) is 0 Å². The number of nitrogens with one attached hydrogen (secondary N) is 1. The first-order chi connectivity index (χ1) is 14.8. The highest BCUT2D eigenvalue weighted by Crippen LogP contribution is 2.36. The summed E-state index contributed by atoms with van der Waals surface area (Å²) in [6.07, 6.45) is 4.97. The molecule has 9 heteroatoms. The first kappa shape index (κ1) is 21.0. The maximum Gasteiger partial charge on any atom is 0.332 e. The van der Waals surface area contributed by atoms with E-state index in [2.05, 4.69) is 16.4 Å². The number of nitriles is 1. The van der Waals surface area contributed by atoms with Crippen molar-refractivity contribution < 1.29 is 4.79 Å². The summed E-state index contributed by atoms with van der Waals surface area (Å²) < 4.78 is 2.21. The van der Waals surface area contributed by atoms with Crippen molar-refractivity contribution in [3.05, 3.63) is 54.2 Å². The standard InChI is InChI=1S/C22H23N5O3S/c1-12-9-13(2)24-19-18(12)21(29)27(22(30)26(19)3)11-17(28)25-20-15(10-23)14-7-5-4-6-8-16(14)31-20/h9H,4-8,11H2,1-3H3,(H,25,28). The third-order valence-electron chi connectivity index (χ3n) is 5.71. The van der Waals surface area contributed by atoms with Gasteiger partial charge in [-0.25, -0.2) is 9.78 Å². The minimum Gasteiger partial charge on any atom is -0.315 e. The van der Waals surface area contributed by atoms with Gasteiger partial charge >= 0.3 is 5.69 Å². The van der Waals surface area contributed by atoms with Crippen LogP contribution in [0, 0.1) is 25.2 Å². The van der Waals surface area contributed by atoms with Gasteiger partial charge in [0.05, 0.1) is 10.9 Å². The Bertz CT molecular complexity index is 1370. The van der Waals surface area contributed by atoms with Crippen LogP contribution in [0.25, 0.3) is 11.0 Å². The van der Waals surface area contributed by atoms with Crippen LogP contribution in [0.15, 0.2) is 15.7 Å². The first-order valence-electron chi connectivity index (χ1n) is 10.2. The molecule has 0 bridgehead atoms. The average Bonchev–Trinajstić information content (AvgIpc) is 2.88. The molecule has 3 aromatic rings. The molecule has 3 heterocycles. The van der Waals surface area contributed by atoms with Crippen molar-refractivity contribution in [3.8, 4) is 6.07 Å². The summed E-state index contributed by atoms with van der Waals surface area (Å²) in [5.74, 6) is -0.510. The van der Waals surface area contributed by atoms with Crippen LogP contribution in [0.1, 0.15) is 46.5 Å². The number of hydrogen-bond acceptors (Lipinski definition) is 6. The fourth-order valence-corrected chi connectivity index (χ4v) is 5.47. The van der Waals surface area contributed by atoms with Gasteiger partial charge in [0.15, 0.2) is 0 Å². The molecule has 0 unspecified atom stereocenters. The zero-order valence-corrected chi connectivity index (χ0v) is 18.6. The Morgan fingerprint density at radius 2 is 2.00 bits per heavy atom. The van der Waals surface area contributed by atoms with Crippen LogP contribution in [-0.2, 0) is 31.2 Å². The van der Waals surface area contributed by atoms with Gasteiger partial charge in [0, 0.05) is 17.6 Å². The van der Waals surface area contributed by atoms with Gasteiger partial charge in [-0.2, -0.15) is 5.26 Å². The molecule has 8 nitrogen and oxygen atoms in total. The number of aromatic nitrogens is 3. The molecule has 3 aromatic heterocycles. The van der Waals surface area contributed by atoms with Crippen molar-refractivity contribution in [2.24, 2.45) is 7.05 Å². The maximum atomic E-state index is 13.0. The Labute approximate surface area is 182 Å². The second-order valence-electron chi connectivity index (χ2n) is 7.94. The molecule has 0 atom stereocenters. The topological polar surface area (TPSA) is 110 Å². The molecule has 1 N–H and O–H groups in total. The molecule has 0 radical (unpaired) electrons. The second kappa shape index (κ2) is 8.12. The molecule has 1 aliphatic carbocycles. The molecule has 1 amide bonds. The number of aryl methyl sites for hydroxylation is 4. The quantitative estimate of drug-likeness (QED) is 0.633. The summed E-state index contributed by atoms with van der Waals surface area (Å²) in [6.45, 7) is 3.15. The third-order valence-corrected chi connectivity index (χ3v) is 6.92. The predicted molar refractivity (Wildman–Crippen MR) is 120 cm³/mol. The van der Waals surface area contributed by atoms with Gasteiger partial charge in [-0.05, 0) is 56.7 Å². The molecule has 0 aromatic carbocycles. The van der Waals surface area contributed by atoms with Gasteiger partial charge in [0.25, 0.3) is 5.56 Å². The van der Waals surface area contributed by atoms with Crippen molar-refractivity contribution in [3.63, 3.8) is 0 Å². The van der Waals surface area contributed by atoms with Crippen LogP contribution >= 0.6 is 11.3 Å². The lowest BCUT2D eigenvalue weighted by atomic mass is 10.1. The fraction of sp³-hybridized carbons (Fsp3) is 0.409. The van der Waals surface area contributed by atoms with Crippen LogP contribution in [0.5, 0.6) is 0 Å². The fourth-order valence-electron chi connectivity index (χ4n) is 4.22. The predicted octanol–water partition coefficient (Wildman–Crippen LogP) is 2.55. The highest BCUT2D eigenvalue weighted by molar-refractivity contribution is 7.16. The van der Waals surface area contributed by atoms with Gasteiger partial charge in [-0.15, -0.1) is 11.3 Å². The Morgan fingerprint density at radius 3 is 2.74 bits per heavy atom. The Morgan fingerprint density at radius 1 is 1.26 bits per heavy atom. The monoisotopic (exact) mass is 437 g/mol. The molecule has 0 spiro atoms. The first-order valence-corrected chi connectivity index (χ1v) is 11.1. The number of rotatable bonds is 3. The van der Waals surface area contributed by atoms with Crippen molar-refractivity contribution in [1.29, 1.82) is 5.26 Å². The summed E-state index contributed by atoms with van der Waals surface area (Å²) >= 11 is 1.42. The number of pyridine rings is 1. The van der Waals surface area contributed by atoms with Gasteiger partial charge in [0.2, 0.25) is 5.91 Å². The van der Waals surface area contributed by atoms with Crippen molar-refractivity contribution in [1.82, 2.24) is 14.1 Å². The van der Waals surface area contributed by atoms with Crippen molar-refractivity contribution in [2.75, 3.05) is 5.32 Å². The highest BCUT2D eigenvalue weighted by atomic mass is 32.1. The number of fused-ring (bicyclic) bond motifs is 2. The van der Waals surface area contributed by atoms with E-state index < -0.39 is 23.7 Å². The Balaban J connectivity index is 1.70. The Hall–Kier alpha value is -3.25. The van der Waals surface area contributed by atoms with E-state index in [1.54, 1.807) is 19.9 Å². The van der Waals surface area contributed by atoms with Gasteiger partial charge in [0.1, 0.15) is 23.3 Å². The van der Waals surface area contributed by atoms with Gasteiger partial charge < -0.3 is 5.32 Å². The third kappa shape index (κ3) is 3.68. The normalized spacial score (nSPS) is 13.5. The SMILES string of the molecule is Cc1cc(C)c2c(=O)n(CC(=O)Nc3sc4c(c3C#N)CCCCC4)c(=O)n(C)c2n1. The summed E-state index contributed by atoms with van der Waals surface area (Å²) in [5.41, 5.74) is 2.09. The molecule has 0 saturated carbocycles. The molecule has 1 aliphatic rings. The maximum absolute atomic E-state index is 13.0. The molecule has 0 aliphatic heterocycles. The summed E-state index contributed by atoms with van der Waals surface area (Å²) in [5, 5.41) is 13.2. The second-order valence-corrected chi connectivity index (χ2v) is 9.05. The number of carbonyl (C=O) groups is 1. The zero-order valence-electron chi connectivity index (χ0n) is 17.7. The lowest BCUT2D eigenvalue weighted by molar-refractivity contribution is -0.116. The Kier molecular flexibility index (Phi) is 5.50. The van der Waals surface area contributed by atoms with Crippen LogP contribution in [0.3, 0.4) is 0 Å². The van der Waals surface area contributed by atoms with Crippen LogP contribution < -0.4 is 16.6 Å². The van der Waals surface area contributed by atoms with Gasteiger partial charge in [-0.1, -0.05) is 6.42 Å². The van der Waals surface area contributed by atoms with Crippen molar-refractivity contribution >= 4 is 33.3 Å². The number of amides is 1. The van der Waals surface area contributed by atoms with E-state index in [1.807, 2.05) is 0 Å². The summed E-state index contributed by atoms with van der Waals surface area (Å²) in [4.78, 5) is 44.1. The lowest BCUT2D eigenvalue weighted by Crippen LogP contribution is -2.42. The van der Waals surface area contributed by atoms with E-state index in [4.69, 9.17) is 0 Å². The molecule has 160 valence electrons. The van der Waals surface area contributed by atoms with E-state index in [0.29, 0.717) is 32.9 Å². The zero-order chi connectivity index (χ0) is 22.3.